The number of amides is 3. The highest BCUT2D eigenvalue weighted by atomic mass is 19.1. The quantitative estimate of drug-likeness (QED) is 0.102. The smallest absolute Gasteiger partial charge is 0.410 e. The predicted octanol–water partition coefficient (Wildman–Crippen LogP) is 5.98. The number of nitrogens with two attached hydrogens (primary N) is 1. The van der Waals surface area contributed by atoms with Gasteiger partial charge in [-0.25, -0.2) is 19.0 Å². The van der Waals surface area contributed by atoms with Gasteiger partial charge in [-0.05, 0) is 74.0 Å². The number of carbonyl (C=O) groups is 5. The number of piperidine rings is 1. The minimum atomic E-state index is -1.28. The Balaban J connectivity index is 1.25. The number of likely N-dealkylation sites (tertiary alicyclic amines) is 2. The molecule has 3 aromatic carbocycles. The number of hydrogen-bond donors (Lipinski definition) is 2. The van der Waals surface area contributed by atoms with Gasteiger partial charge in [0.2, 0.25) is 11.7 Å². The van der Waals surface area contributed by atoms with Crippen molar-refractivity contribution in [3.8, 4) is 0 Å². The van der Waals surface area contributed by atoms with Crippen LogP contribution < -0.4 is 11.1 Å². The zero-order valence-corrected chi connectivity index (χ0v) is 31.3. The summed E-state index contributed by atoms with van der Waals surface area (Å²) in [6, 6.07) is 19.2. The van der Waals surface area contributed by atoms with Crippen molar-refractivity contribution in [1.29, 1.82) is 0 Å². The zero-order valence-electron chi connectivity index (χ0n) is 31.3. The number of unbranched alkanes of at least 4 members (excludes halogenated alkanes) is 1. The standard InChI is InChI=1S/C42H48FN5O8/c43-31-16-11-14-29(22-31)23-34(46-41(52)54-27-28-12-3-1-4-13-28)40(51)48-26-32(55-42(53)47-20-9-2-10-21-47)25-35(48)36(49)24-30(15-7-8-19-44)38(50)39-45-33-17-5-6-18-37(33)56-39/h1,3-6,11-14,16-18,22,30,32,34-35H,2,7-10,15,19-21,23-27,44H2,(H,46,52)/t30-,32-,34-,35+/m1/s1. The molecule has 2 fully saturated rings. The molecule has 1 aromatic heterocycles. The molecule has 0 spiro atoms. The molecule has 0 bridgehead atoms. The number of carbonyl (C=O) groups excluding carboxylic acids is 5. The molecule has 4 atom stereocenters. The first-order chi connectivity index (χ1) is 27.2. The predicted molar refractivity (Wildman–Crippen MR) is 204 cm³/mol. The molecule has 2 aliphatic heterocycles. The van der Waals surface area contributed by atoms with Gasteiger partial charge in [-0.15, -0.1) is 0 Å². The minimum absolute atomic E-state index is 0.0120. The number of para-hydroxylation sites is 2. The number of ether oxygens (including phenoxy) is 2. The highest BCUT2D eigenvalue weighted by Crippen LogP contribution is 2.29. The van der Waals surface area contributed by atoms with Crippen molar-refractivity contribution >= 4 is 40.8 Å². The van der Waals surface area contributed by atoms with Gasteiger partial charge >= 0.3 is 12.2 Å². The monoisotopic (exact) mass is 769 g/mol. The van der Waals surface area contributed by atoms with E-state index in [9.17, 15) is 28.4 Å². The lowest BCUT2D eigenvalue weighted by Gasteiger charge is -2.29. The average Bonchev–Trinajstić information content (AvgIpc) is 3.85. The third-order valence-corrected chi connectivity index (χ3v) is 10.3. The van der Waals surface area contributed by atoms with E-state index in [0.29, 0.717) is 55.6 Å². The first-order valence-electron chi connectivity index (χ1n) is 19.3. The van der Waals surface area contributed by atoms with Gasteiger partial charge in [0.15, 0.2) is 11.4 Å². The fourth-order valence-electron chi connectivity index (χ4n) is 7.32. The number of oxazole rings is 1. The lowest BCUT2D eigenvalue weighted by molar-refractivity contribution is -0.139. The number of nitrogens with one attached hydrogen (secondary N) is 1. The first kappa shape index (κ1) is 40.0. The van der Waals surface area contributed by atoms with Crippen molar-refractivity contribution in [1.82, 2.24) is 20.1 Å². The number of aromatic nitrogens is 1. The van der Waals surface area contributed by atoms with Crippen LogP contribution in [0.2, 0.25) is 0 Å². The third kappa shape index (κ3) is 10.6. The molecule has 56 heavy (non-hydrogen) atoms. The first-order valence-corrected chi connectivity index (χ1v) is 19.3. The van der Waals surface area contributed by atoms with Crippen LogP contribution in [0.3, 0.4) is 0 Å². The van der Waals surface area contributed by atoms with Crippen molar-refractivity contribution in [2.75, 3.05) is 26.2 Å². The largest absolute Gasteiger partial charge is 0.445 e. The molecule has 3 N–H and O–H groups in total. The van der Waals surface area contributed by atoms with Crippen LogP contribution in [0, 0.1) is 11.7 Å². The normalized spacial score (nSPS) is 18.0. The van der Waals surface area contributed by atoms with E-state index in [-0.39, 0.29) is 38.3 Å². The van der Waals surface area contributed by atoms with Gasteiger partial charge in [0.1, 0.15) is 30.1 Å². The van der Waals surface area contributed by atoms with E-state index in [2.05, 4.69) is 10.3 Å². The van der Waals surface area contributed by atoms with Gasteiger partial charge in [0.25, 0.3) is 5.89 Å². The van der Waals surface area contributed by atoms with Crippen LogP contribution in [0.4, 0.5) is 14.0 Å². The van der Waals surface area contributed by atoms with Crippen LogP contribution in [0.15, 0.2) is 83.3 Å². The number of halogens is 1. The number of fused-ring (bicyclic) bond motifs is 1. The van der Waals surface area contributed by atoms with E-state index in [1.165, 1.54) is 23.1 Å². The molecule has 0 aliphatic carbocycles. The van der Waals surface area contributed by atoms with E-state index in [0.717, 1.165) is 24.8 Å². The Bertz CT molecular complexity index is 1950. The molecule has 2 saturated heterocycles. The molecule has 13 nitrogen and oxygen atoms in total. The van der Waals surface area contributed by atoms with E-state index in [1.54, 1.807) is 59.5 Å². The van der Waals surface area contributed by atoms with Gasteiger partial charge in [0.05, 0.1) is 12.6 Å². The maximum atomic E-state index is 14.6. The summed E-state index contributed by atoms with van der Waals surface area (Å²) in [5, 5.41) is 2.64. The Hall–Kier alpha value is -5.63. The van der Waals surface area contributed by atoms with Crippen molar-refractivity contribution in [2.24, 2.45) is 11.7 Å². The molecule has 4 aromatic rings. The number of rotatable bonds is 16. The fraction of sp³-hybridized carbons (Fsp3) is 0.429. The Morgan fingerprint density at radius 1 is 0.929 bits per heavy atom. The molecule has 296 valence electrons. The van der Waals surface area contributed by atoms with Gasteiger partial charge in [-0.3, -0.25) is 14.4 Å². The summed E-state index contributed by atoms with van der Waals surface area (Å²) >= 11 is 0. The summed E-state index contributed by atoms with van der Waals surface area (Å²) in [6.07, 6.45) is 1.58. The summed E-state index contributed by atoms with van der Waals surface area (Å²) in [5.74, 6) is -2.98. The molecule has 14 heteroatoms. The Morgan fingerprint density at radius 2 is 1.68 bits per heavy atom. The Labute approximate surface area is 324 Å². The van der Waals surface area contributed by atoms with Crippen molar-refractivity contribution in [2.45, 2.75) is 82.6 Å². The van der Waals surface area contributed by atoms with E-state index < -0.39 is 59.6 Å². The summed E-state index contributed by atoms with van der Waals surface area (Å²) in [5.41, 5.74) is 7.85. The van der Waals surface area contributed by atoms with Crippen LogP contribution >= 0.6 is 0 Å². The van der Waals surface area contributed by atoms with Crippen LogP contribution in [-0.2, 0) is 32.1 Å². The number of benzene rings is 3. The average molecular weight is 770 g/mol. The molecule has 0 unspecified atom stereocenters. The maximum absolute atomic E-state index is 14.6. The highest BCUT2D eigenvalue weighted by Gasteiger charge is 2.45. The van der Waals surface area contributed by atoms with E-state index in [4.69, 9.17) is 19.6 Å². The number of alkyl carbamates (subject to hydrolysis) is 1. The number of nitrogens with zero attached hydrogens (tertiary/aromatic N) is 3. The third-order valence-electron chi connectivity index (χ3n) is 10.3. The second-order valence-corrected chi connectivity index (χ2v) is 14.4. The highest BCUT2D eigenvalue weighted by molar-refractivity contribution is 6.00. The van der Waals surface area contributed by atoms with E-state index in [1.807, 2.05) is 6.07 Å². The topological polar surface area (TPSA) is 174 Å². The zero-order chi connectivity index (χ0) is 39.4. The van der Waals surface area contributed by atoms with Crippen LogP contribution in [0.25, 0.3) is 11.1 Å². The maximum Gasteiger partial charge on any atom is 0.410 e. The fourth-order valence-corrected chi connectivity index (χ4v) is 7.32. The minimum Gasteiger partial charge on any atom is -0.445 e. The second kappa shape index (κ2) is 19.3. The van der Waals surface area contributed by atoms with Gasteiger partial charge in [-0.2, -0.15) is 0 Å². The molecule has 0 saturated carbocycles. The lowest BCUT2D eigenvalue weighted by Crippen LogP contribution is -2.53. The Kier molecular flexibility index (Phi) is 13.8. The number of hydrogen-bond acceptors (Lipinski definition) is 10. The second-order valence-electron chi connectivity index (χ2n) is 14.4. The van der Waals surface area contributed by atoms with Crippen molar-refractivity contribution < 1.29 is 42.3 Å². The summed E-state index contributed by atoms with van der Waals surface area (Å²) in [7, 11) is 0. The summed E-state index contributed by atoms with van der Waals surface area (Å²) < 4.78 is 31.4. The van der Waals surface area contributed by atoms with Gasteiger partial charge in [0, 0.05) is 38.3 Å². The number of ketones is 2. The van der Waals surface area contributed by atoms with Gasteiger partial charge in [-0.1, -0.05) is 61.0 Å². The van der Waals surface area contributed by atoms with Crippen LogP contribution in [-0.4, -0.2) is 88.8 Å². The van der Waals surface area contributed by atoms with Gasteiger partial charge < -0.3 is 34.7 Å². The molecular formula is C42H48FN5O8. The number of Topliss-reactive ketones (excluding diaryl/α,β-unsaturated/α-hetero) is 2. The van der Waals surface area contributed by atoms with Crippen molar-refractivity contribution in [3.63, 3.8) is 0 Å². The lowest BCUT2D eigenvalue weighted by atomic mass is 9.89. The SMILES string of the molecule is NCCCC[C@H](CC(=O)[C@@H]1C[C@@H](OC(=O)N2CCCCC2)CN1C(=O)[C@@H](Cc1cccc(F)c1)NC(=O)OCc1ccccc1)C(=O)c1nc2ccccc2o1. The molecular weight excluding hydrogens is 721 g/mol. The Morgan fingerprint density at radius 3 is 2.43 bits per heavy atom. The van der Waals surface area contributed by atoms with Crippen LogP contribution in [0.5, 0.6) is 0 Å². The molecule has 0 radical (unpaired) electrons. The summed E-state index contributed by atoms with van der Waals surface area (Å²) in [6.45, 7) is 1.30. The molecule has 3 heterocycles. The molecule has 6 rings (SSSR count). The van der Waals surface area contributed by atoms with Crippen LogP contribution in [0.1, 0.15) is 73.2 Å². The molecule has 3 amide bonds. The molecule has 2 aliphatic rings. The van der Waals surface area contributed by atoms with Crippen molar-refractivity contribution in [3.05, 3.63) is 102 Å². The van der Waals surface area contributed by atoms with E-state index >= 15 is 0 Å². The summed E-state index contributed by atoms with van der Waals surface area (Å²) in [4.78, 5) is 76.6.